The Hall–Kier alpha value is -0.580. The van der Waals surface area contributed by atoms with Crippen LogP contribution in [0.15, 0.2) is 36.4 Å². The number of nitrogens with one attached hydrogen (secondary N) is 1. The normalized spacial score (nSPS) is 12.4. The van der Waals surface area contributed by atoms with Crippen molar-refractivity contribution in [2.45, 2.75) is 33.2 Å². The van der Waals surface area contributed by atoms with Crippen LogP contribution in [0.4, 0.5) is 0 Å². The largest absolute Gasteiger partial charge is 0.306 e. The highest BCUT2D eigenvalue weighted by atomic mass is 127. The molecule has 2 aromatic rings. The summed E-state index contributed by atoms with van der Waals surface area (Å²) in [6.07, 6.45) is 1.11. The highest BCUT2D eigenvalue weighted by Gasteiger charge is 2.15. The minimum absolute atomic E-state index is 0.193. The van der Waals surface area contributed by atoms with E-state index in [0.29, 0.717) is 0 Å². The molecular formula is C18H21ClIN. The molecular weight excluding hydrogens is 393 g/mol. The fourth-order valence-electron chi connectivity index (χ4n) is 2.35. The van der Waals surface area contributed by atoms with Gasteiger partial charge in [0, 0.05) is 3.57 Å². The van der Waals surface area contributed by atoms with Crippen molar-refractivity contribution in [3.63, 3.8) is 0 Å². The molecule has 1 unspecified atom stereocenters. The molecule has 0 amide bonds. The Morgan fingerprint density at radius 2 is 1.71 bits per heavy atom. The maximum Gasteiger partial charge on any atom is 0.0577 e. The summed E-state index contributed by atoms with van der Waals surface area (Å²) in [7, 11) is 0. The number of rotatable bonds is 5. The third kappa shape index (κ3) is 4.21. The minimum atomic E-state index is 0.193. The van der Waals surface area contributed by atoms with Gasteiger partial charge in [0.25, 0.3) is 0 Å². The molecule has 0 aromatic heterocycles. The monoisotopic (exact) mass is 413 g/mol. The number of halogens is 2. The first-order valence-electron chi connectivity index (χ1n) is 7.28. The first-order chi connectivity index (χ1) is 10.0. The van der Waals surface area contributed by atoms with Crippen molar-refractivity contribution < 1.29 is 0 Å². The molecule has 0 fully saturated rings. The van der Waals surface area contributed by atoms with E-state index in [2.05, 4.69) is 85.1 Å². The number of hydrogen-bond donors (Lipinski definition) is 1. The second kappa shape index (κ2) is 7.61. The third-order valence-corrected chi connectivity index (χ3v) is 5.31. The van der Waals surface area contributed by atoms with Crippen molar-refractivity contribution in [2.24, 2.45) is 0 Å². The molecule has 2 rings (SSSR count). The van der Waals surface area contributed by atoms with E-state index < -0.39 is 0 Å². The standard InChI is InChI=1S/C18H21ClIN/c1-4-9-21-18(14-6-5-12(2)13(3)10-14)15-7-8-17(20)16(19)11-15/h5-8,10-11,18,21H,4,9H2,1-3H3. The first-order valence-corrected chi connectivity index (χ1v) is 8.74. The molecule has 0 aliphatic rings. The number of hydrogen-bond acceptors (Lipinski definition) is 1. The molecule has 1 atom stereocenters. The SMILES string of the molecule is CCCNC(c1ccc(C)c(C)c1)c1ccc(I)c(Cl)c1. The van der Waals surface area contributed by atoms with Crippen LogP contribution in [0.25, 0.3) is 0 Å². The smallest absolute Gasteiger partial charge is 0.0577 e. The molecule has 0 bridgehead atoms. The lowest BCUT2D eigenvalue weighted by molar-refractivity contribution is 0.598. The third-order valence-electron chi connectivity index (χ3n) is 3.74. The van der Waals surface area contributed by atoms with E-state index in [9.17, 15) is 0 Å². The molecule has 0 saturated heterocycles. The van der Waals surface area contributed by atoms with Crippen LogP contribution in [-0.2, 0) is 0 Å². The van der Waals surface area contributed by atoms with E-state index >= 15 is 0 Å². The van der Waals surface area contributed by atoms with Crippen LogP contribution in [0.5, 0.6) is 0 Å². The van der Waals surface area contributed by atoms with Gasteiger partial charge in [-0.25, -0.2) is 0 Å². The Labute approximate surface area is 146 Å². The Balaban J connectivity index is 2.41. The molecule has 0 spiro atoms. The van der Waals surface area contributed by atoms with E-state index in [1.54, 1.807) is 0 Å². The zero-order valence-corrected chi connectivity index (χ0v) is 15.6. The van der Waals surface area contributed by atoms with Crippen LogP contribution in [0.2, 0.25) is 5.02 Å². The van der Waals surface area contributed by atoms with Gasteiger partial charge in [-0.15, -0.1) is 0 Å². The Morgan fingerprint density at radius 1 is 1.05 bits per heavy atom. The maximum absolute atomic E-state index is 6.30. The van der Waals surface area contributed by atoms with Crippen LogP contribution >= 0.6 is 34.2 Å². The molecule has 3 heteroatoms. The maximum atomic E-state index is 6.30. The molecule has 0 aliphatic heterocycles. The van der Waals surface area contributed by atoms with Gasteiger partial charge < -0.3 is 5.32 Å². The summed E-state index contributed by atoms with van der Waals surface area (Å²) in [6.45, 7) is 7.48. The van der Waals surface area contributed by atoms with Gasteiger partial charge in [0.2, 0.25) is 0 Å². The van der Waals surface area contributed by atoms with Gasteiger partial charge in [-0.2, -0.15) is 0 Å². The quantitative estimate of drug-likeness (QED) is 0.625. The van der Waals surface area contributed by atoms with Gasteiger partial charge in [0.15, 0.2) is 0 Å². The van der Waals surface area contributed by atoms with Crippen molar-refractivity contribution in [1.29, 1.82) is 0 Å². The summed E-state index contributed by atoms with van der Waals surface area (Å²) < 4.78 is 1.09. The van der Waals surface area contributed by atoms with Crippen molar-refractivity contribution in [1.82, 2.24) is 5.32 Å². The molecule has 0 radical (unpaired) electrons. The van der Waals surface area contributed by atoms with Crippen LogP contribution < -0.4 is 5.32 Å². The van der Waals surface area contributed by atoms with Crippen LogP contribution in [0, 0.1) is 17.4 Å². The van der Waals surface area contributed by atoms with E-state index in [-0.39, 0.29) is 6.04 Å². The lowest BCUT2D eigenvalue weighted by atomic mass is 9.95. The second-order valence-electron chi connectivity index (χ2n) is 5.40. The molecule has 0 aliphatic carbocycles. The lowest BCUT2D eigenvalue weighted by Crippen LogP contribution is -2.23. The second-order valence-corrected chi connectivity index (χ2v) is 6.97. The van der Waals surface area contributed by atoms with Gasteiger partial charge >= 0.3 is 0 Å². The average molecular weight is 414 g/mol. The summed E-state index contributed by atoms with van der Waals surface area (Å²) in [5.41, 5.74) is 5.17. The molecule has 2 aromatic carbocycles. The molecule has 0 heterocycles. The fourth-order valence-corrected chi connectivity index (χ4v) is 2.88. The highest BCUT2D eigenvalue weighted by Crippen LogP contribution is 2.28. The zero-order valence-electron chi connectivity index (χ0n) is 12.7. The fraction of sp³-hybridized carbons (Fsp3) is 0.333. The highest BCUT2D eigenvalue weighted by molar-refractivity contribution is 14.1. The van der Waals surface area contributed by atoms with Gasteiger partial charge in [0.1, 0.15) is 0 Å². The number of aryl methyl sites for hydroxylation is 2. The molecule has 1 nitrogen and oxygen atoms in total. The Bertz CT molecular complexity index is 573. The van der Waals surface area contributed by atoms with Crippen LogP contribution in [-0.4, -0.2) is 6.54 Å². The number of benzene rings is 2. The summed E-state index contributed by atoms with van der Waals surface area (Å²) >= 11 is 8.57. The topological polar surface area (TPSA) is 12.0 Å². The summed E-state index contributed by atoms with van der Waals surface area (Å²) in [6, 6.07) is 13.2. The van der Waals surface area contributed by atoms with E-state index in [1.807, 2.05) is 0 Å². The average Bonchev–Trinajstić information content (AvgIpc) is 2.46. The van der Waals surface area contributed by atoms with Gasteiger partial charge in [-0.1, -0.05) is 42.8 Å². The lowest BCUT2D eigenvalue weighted by Gasteiger charge is -2.21. The molecule has 21 heavy (non-hydrogen) atoms. The summed E-state index contributed by atoms with van der Waals surface area (Å²) in [5.74, 6) is 0. The Morgan fingerprint density at radius 3 is 2.33 bits per heavy atom. The zero-order chi connectivity index (χ0) is 15.4. The van der Waals surface area contributed by atoms with Crippen molar-refractivity contribution in [3.8, 4) is 0 Å². The van der Waals surface area contributed by atoms with E-state index in [1.165, 1.54) is 22.3 Å². The molecule has 112 valence electrons. The van der Waals surface area contributed by atoms with Crippen LogP contribution in [0.1, 0.15) is 41.6 Å². The van der Waals surface area contributed by atoms with Crippen molar-refractivity contribution in [3.05, 3.63) is 67.2 Å². The van der Waals surface area contributed by atoms with Crippen molar-refractivity contribution >= 4 is 34.2 Å². The van der Waals surface area contributed by atoms with Gasteiger partial charge in [0.05, 0.1) is 11.1 Å². The van der Waals surface area contributed by atoms with Gasteiger partial charge in [-0.05, 0) is 83.8 Å². The van der Waals surface area contributed by atoms with E-state index in [0.717, 1.165) is 21.6 Å². The van der Waals surface area contributed by atoms with Gasteiger partial charge in [-0.3, -0.25) is 0 Å². The van der Waals surface area contributed by atoms with E-state index in [4.69, 9.17) is 11.6 Å². The summed E-state index contributed by atoms with van der Waals surface area (Å²) in [5, 5.41) is 4.45. The minimum Gasteiger partial charge on any atom is -0.306 e. The molecule has 0 saturated carbocycles. The predicted octanol–water partition coefficient (Wildman–Crippen LogP) is 5.65. The Kier molecular flexibility index (Phi) is 6.08. The van der Waals surface area contributed by atoms with Crippen LogP contribution in [0.3, 0.4) is 0 Å². The summed E-state index contributed by atoms with van der Waals surface area (Å²) in [4.78, 5) is 0. The molecule has 1 N–H and O–H groups in total. The predicted molar refractivity (Wildman–Crippen MR) is 100 cm³/mol. The van der Waals surface area contributed by atoms with Crippen molar-refractivity contribution in [2.75, 3.05) is 6.54 Å². The first kappa shape index (κ1) is 16.8.